The van der Waals surface area contributed by atoms with Gasteiger partial charge in [-0.05, 0) is 134 Å². The van der Waals surface area contributed by atoms with Crippen LogP contribution in [0, 0.1) is 11.8 Å². The minimum atomic E-state index is -1.57. The first-order valence-corrected chi connectivity index (χ1v) is 28.5. The summed E-state index contributed by atoms with van der Waals surface area (Å²) < 4.78 is 0. The number of carbonyl (C=O) groups is 10. The summed E-state index contributed by atoms with van der Waals surface area (Å²) in [5, 5.41) is 19.3. The van der Waals surface area contributed by atoms with Gasteiger partial charge in [0, 0.05) is 51.1 Å². The highest BCUT2D eigenvalue weighted by Crippen LogP contribution is 2.28. The molecule has 0 aromatic rings. The Bertz CT molecular complexity index is 2000. The molecule has 1 saturated heterocycles. The molecular formula is C56H101N11O10. The Labute approximate surface area is 460 Å². The Morgan fingerprint density at radius 2 is 1.26 bits per heavy atom. The molecule has 2 fully saturated rings. The van der Waals surface area contributed by atoms with Crippen LogP contribution in [-0.2, 0) is 47.9 Å². The normalized spacial score (nSPS) is 16.1. The summed E-state index contributed by atoms with van der Waals surface area (Å²) in [6.07, 6.45) is 11.0. The topological polar surface area (TPSA) is 268 Å². The third-order valence-electron chi connectivity index (χ3n) is 14.5. The fourth-order valence-electron chi connectivity index (χ4n) is 10.2. The van der Waals surface area contributed by atoms with Gasteiger partial charge in [-0.3, -0.25) is 47.9 Å². The zero-order valence-electron chi connectivity index (χ0n) is 49.8. The van der Waals surface area contributed by atoms with Gasteiger partial charge in [0.25, 0.3) is 0 Å². The third kappa shape index (κ3) is 22.1. The maximum absolute atomic E-state index is 14.3. The maximum Gasteiger partial charge on any atom is 0.246 e. The lowest BCUT2D eigenvalue weighted by atomic mass is 9.85. The summed E-state index contributed by atoms with van der Waals surface area (Å²) in [4.78, 5) is 143. The van der Waals surface area contributed by atoms with E-state index in [4.69, 9.17) is 0 Å². The zero-order valence-corrected chi connectivity index (χ0v) is 49.8. The lowest BCUT2D eigenvalue weighted by Crippen LogP contribution is -2.65. The van der Waals surface area contributed by atoms with E-state index in [0.717, 1.165) is 51.4 Å². The molecule has 1 saturated carbocycles. The standard InChI is InChI=1S/C56H101N11O10/c1-16-17-19-26-45(69)65-32-22-25-42(65)49(73)61-41(28-27-40-23-20-18-21-24-40)48(72)59-36-47(71)67(39(6)7)56(12,13)53(77)60-35-46(70)66(38(4)5)43(34-37(2)3)50(74)62-55(10,11)52(76)63-54(8,9)51(75)58-30-29-44(68)57-31-33-64(14)15/h37-43H,16-36H2,1-15H3,(H,57,68)(H,58,75)(H,59,72)(H,60,77)(H,61,73)(H,62,74)(H,63,76). The van der Waals surface area contributed by atoms with Crippen molar-refractivity contribution in [2.24, 2.45) is 11.8 Å². The second kappa shape index (κ2) is 31.9. The first-order valence-electron chi connectivity index (χ1n) is 28.5. The monoisotopic (exact) mass is 1090 g/mol. The van der Waals surface area contributed by atoms with E-state index in [1.165, 1.54) is 57.8 Å². The number of likely N-dealkylation sites (N-methyl/N-ethyl adjacent to an activating group) is 1. The van der Waals surface area contributed by atoms with Gasteiger partial charge in [-0.2, -0.15) is 0 Å². The molecule has 1 aliphatic heterocycles. The average Bonchev–Trinajstić information content (AvgIpc) is 3.84. The summed E-state index contributed by atoms with van der Waals surface area (Å²) in [5.41, 5.74) is -4.54. The average molecular weight is 1090 g/mol. The van der Waals surface area contributed by atoms with Gasteiger partial charge >= 0.3 is 0 Å². The Hall–Kier alpha value is -5.34. The Kier molecular flexibility index (Phi) is 28.1. The van der Waals surface area contributed by atoms with Crippen LogP contribution in [0.2, 0.25) is 0 Å². The second-order valence-corrected chi connectivity index (χ2v) is 24.1. The lowest BCUT2D eigenvalue weighted by molar-refractivity contribution is -0.150. The van der Waals surface area contributed by atoms with Crippen molar-refractivity contribution >= 4 is 59.1 Å². The molecule has 0 radical (unpaired) electrons. The van der Waals surface area contributed by atoms with Crippen molar-refractivity contribution in [3.05, 3.63) is 0 Å². The Balaban J connectivity index is 2.18. The van der Waals surface area contributed by atoms with Crippen molar-refractivity contribution in [3.8, 4) is 0 Å². The molecule has 77 heavy (non-hydrogen) atoms. The molecule has 0 aromatic heterocycles. The molecule has 3 atom stereocenters. The molecule has 0 bridgehead atoms. The van der Waals surface area contributed by atoms with E-state index in [1.54, 1.807) is 32.6 Å². The SMILES string of the molecule is CCCCCC(=O)N1CCCC1C(=O)NC(CCC1CCCCC1)C(=O)NCC(=O)N(C(C)C)C(C)(C)C(=O)NCC(=O)N(C(C)C)C(CC(C)C)C(=O)NC(C)(C)C(=O)NC(C)(C)C(=O)NCCC(=O)NCCN(C)C. The highest BCUT2D eigenvalue weighted by molar-refractivity contribution is 5.99. The predicted octanol–water partition coefficient (Wildman–Crippen LogP) is 3.28. The summed E-state index contributed by atoms with van der Waals surface area (Å²) in [6, 6.07) is -3.78. The van der Waals surface area contributed by atoms with Crippen LogP contribution in [0.1, 0.15) is 186 Å². The van der Waals surface area contributed by atoms with Crippen molar-refractivity contribution in [2.45, 2.75) is 233 Å². The van der Waals surface area contributed by atoms with Crippen molar-refractivity contribution in [1.29, 1.82) is 0 Å². The maximum atomic E-state index is 14.3. The van der Waals surface area contributed by atoms with Gasteiger partial charge in [-0.1, -0.05) is 65.7 Å². The van der Waals surface area contributed by atoms with Crippen molar-refractivity contribution < 1.29 is 47.9 Å². The van der Waals surface area contributed by atoms with E-state index in [-0.39, 0.29) is 43.0 Å². The van der Waals surface area contributed by atoms with Crippen molar-refractivity contribution in [1.82, 2.24) is 56.8 Å². The smallest absolute Gasteiger partial charge is 0.246 e. The molecule has 0 aromatic carbocycles. The molecule has 0 spiro atoms. The molecule has 10 amide bonds. The van der Waals surface area contributed by atoms with Gasteiger partial charge in [0.15, 0.2) is 0 Å². The number of hydrogen-bond acceptors (Lipinski definition) is 11. The molecular weight excluding hydrogens is 987 g/mol. The predicted molar refractivity (Wildman–Crippen MR) is 298 cm³/mol. The number of carbonyl (C=O) groups excluding carboxylic acids is 10. The van der Waals surface area contributed by atoms with Crippen LogP contribution in [0.3, 0.4) is 0 Å². The van der Waals surface area contributed by atoms with E-state index in [9.17, 15) is 47.9 Å². The van der Waals surface area contributed by atoms with Crippen molar-refractivity contribution in [3.63, 3.8) is 0 Å². The molecule has 1 aliphatic carbocycles. The van der Waals surface area contributed by atoms with Crippen LogP contribution < -0.4 is 37.2 Å². The lowest BCUT2D eigenvalue weighted by Gasteiger charge is -2.41. The second-order valence-electron chi connectivity index (χ2n) is 24.1. The quantitative estimate of drug-likeness (QED) is 0.0481. The number of amides is 10. The number of hydrogen-bond donors (Lipinski definition) is 7. The molecule has 2 aliphatic rings. The van der Waals surface area contributed by atoms with E-state index in [1.807, 2.05) is 32.8 Å². The van der Waals surface area contributed by atoms with E-state index >= 15 is 0 Å². The summed E-state index contributed by atoms with van der Waals surface area (Å²) in [7, 11) is 3.78. The summed E-state index contributed by atoms with van der Waals surface area (Å²) >= 11 is 0. The van der Waals surface area contributed by atoms with E-state index in [2.05, 4.69) is 44.1 Å². The largest absolute Gasteiger partial charge is 0.355 e. The molecule has 3 unspecified atom stereocenters. The van der Waals surface area contributed by atoms with Crippen LogP contribution in [0.15, 0.2) is 0 Å². The molecule has 1 heterocycles. The molecule has 21 nitrogen and oxygen atoms in total. The van der Waals surface area contributed by atoms with E-state index in [0.29, 0.717) is 51.2 Å². The van der Waals surface area contributed by atoms with Crippen LogP contribution in [0.5, 0.6) is 0 Å². The fourth-order valence-corrected chi connectivity index (χ4v) is 10.2. The van der Waals surface area contributed by atoms with Crippen LogP contribution >= 0.6 is 0 Å². The minimum absolute atomic E-state index is 0.0437. The highest BCUT2D eigenvalue weighted by Gasteiger charge is 2.43. The van der Waals surface area contributed by atoms with E-state index < -0.39 is 101 Å². The number of unbranched alkanes of at least 4 members (excludes halogenated alkanes) is 2. The van der Waals surface area contributed by atoms with Gasteiger partial charge in [-0.25, -0.2) is 0 Å². The third-order valence-corrected chi connectivity index (χ3v) is 14.5. The first-order chi connectivity index (χ1) is 35.9. The minimum Gasteiger partial charge on any atom is -0.355 e. The van der Waals surface area contributed by atoms with Crippen LogP contribution in [0.25, 0.3) is 0 Å². The zero-order chi connectivity index (χ0) is 58.4. The Morgan fingerprint density at radius 1 is 0.636 bits per heavy atom. The number of nitrogens with one attached hydrogen (secondary N) is 7. The first kappa shape index (κ1) is 67.8. The highest BCUT2D eigenvalue weighted by atomic mass is 16.2. The van der Waals surface area contributed by atoms with Crippen LogP contribution in [-0.4, -0.2) is 179 Å². The molecule has 7 N–H and O–H groups in total. The van der Waals surface area contributed by atoms with Gasteiger partial charge < -0.3 is 56.8 Å². The molecule has 21 heteroatoms. The molecule has 440 valence electrons. The van der Waals surface area contributed by atoms with Crippen LogP contribution in [0.4, 0.5) is 0 Å². The van der Waals surface area contributed by atoms with Gasteiger partial charge in [0.1, 0.15) is 34.7 Å². The van der Waals surface area contributed by atoms with Gasteiger partial charge in [0.05, 0.1) is 13.1 Å². The summed E-state index contributed by atoms with van der Waals surface area (Å²) in [6.45, 7) is 22.5. The number of likely N-dealkylation sites (tertiary alicyclic amines) is 1. The number of nitrogens with zero attached hydrogens (tertiary/aromatic N) is 4. The summed E-state index contributed by atoms with van der Waals surface area (Å²) in [5.74, 6) is -4.54. The molecule has 2 rings (SSSR count). The van der Waals surface area contributed by atoms with Gasteiger partial charge in [-0.15, -0.1) is 0 Å². The van der Waals surface area contributed by atoms with Gasteiger partial charge in [0.2, 0.25) is 59.1 Å². The Morgan fingerprint density at radius 3 is 1.84 bits per heavy atom. The fraction of sp³-hybridized carbons (Fsp3) is 0.821. The number of rotatable bonds is 32. The van der Waals surface area contributed by atoms with Crippen molar-refractivity contribution in [2.75, 3.05) is 53.4 Å².